The predicted molar refractivity (Wildman–Crippen MR) is 156 cm³/mol. The Kier molecular flexibility index (Phi) is 6.92. The molecule has 1 aliphatic rings. The molecule has 9 nitrogen and oxygen atoms in total. The molecule has 0 saturated carbocycles. The average molecular weight is 566 g/mol. The fourth-order valence-electron chi connectivity index (χ4n) is 4.22. The highest BCUT2D eigenvalue weighted by Crippen LogP contribution is 2.31. The van der Waals surface area contributed by atoms with Crippen molar-refractivity contribution in [2.45, 2.75) is 40.0 Å². The molecule has 3 N–H and O–H groups in total. The van der Waals surface area contributed by atoms with Crippen LogP contribution < -0.4 is 21.3 Å². The number of amides is 1. The summed E-state index contributed by atoms with van der Waals surface area (Å²) in [5.74, 6) is 0.230. The summed E-state index contributed by atoms with van der Waals surface area (Å²) in [7, 11) is 1.91. The number of hydrogen-bond acceptors (Lipinski definition) is 6. The monoisotopic (exact) mass is 564 g/mol. The van der Waals surface area contributed by atoms with Crippen LogP contribution >= 0.6 is 23.2 Å². The number of halogens is 2. The third-order valence-electron chi connectivity index (χ3n) is 6.68. The Morgan fingerprint density at radius 3 is 2.46 bits per heavy atom. The Hall–Kier alpha value is -3.79. The predicted octanol–water partition coefficient (Wildman–Crippen LogP) is 5.91. The first kappa shape index (κ1) is 26.8. The quantitative estimate of drug-likeness (QED) is 0.279. The normalized spacial score (nSPS) is 13.4. The minimum absolute atomic E-state index is 0.244. The zero-order valence-corrected chi connectivity index (χ0v) is 24.1. The van der Waals surface area contributed by atoms with E-state index >= 15 is 0 Å². The number of benzene rings is 2. The molecule has 1 aliphatic heterocycles. The Balaban J connectivity index is 1.46. The van der Waals surface area contributed by atoms with Gasteiger partial charge in [0.25, 0.3) is 5.91 Å². The minimum Gasteiger partial charge on any atom is -0.306 e. The second kappa shape index (κ2) is 10.1. The van der Waals surface area contributed by atoms with Gasteiger partial charge in [-0.3, -0.25) is 14.5 Å². The fourth-order valence-corrected chi connectivity index (χ4v) is 4.70. The molecule has 0 saturated heterocycles. The zero-order valence-electron chi connectivity index (χ0n) is 22.6. The highest BCUT2D eigenvalue weighted by Gasteiger charge is 2.24. The third-order valence-corrected chi connectivity index (χ3v) is 7.22. The van der Waals surface area contributed by atoms with Gasteiger partial charge in [0.2, 0.25) is 0 Å². The van der Waals surface area contributed by atoms with Gasteiger partial charge in [0.15, 0.2) is 0 Å². The Morgan fingerprint density at radius 2 is 1.79 bits per heavy atom. The Bertz CT molecular complexity index is 1610. The smallest absolute Gasteiger partial charge is 0.256 e. The van der Waals surface area contributed by atoms with Crippen LogP contribution in [0.1, 0.15) is 53.6 Å². The van der Waals surface area contributed by atoms with Crippen LogP contribution in [0.4, 0.5) is 11.5 Å². The molecule has 5 rings (SSSR count). The van der Waals surface area contributed by atoms with Gasteiger partial charge in [-0.25, -0.2) is 4.68 Å². The number of nitrogens with one attached hydrogen (secondary N) is 3. The van der Waals surface area contributed by atoms with Gasteiger partial charge in [-0.1, -0.05) is 50.0 Å². The van der Waals surface area contributed by atoms with Gasteiger partial charge in [0.05, 0.1) is 34.0 Å². The maximum atomic E-state index is 13.5. The van der Waals surface area contributed by atoms with Crippen molar-refractivity contribution in [2.24, 2.45) is 7.05 Å². The van der Waals surface area contributed by atoms with Crippen LogP contribution in [-0.2, 0) is 12.5 Å². The van der Waals surface area contributed by atoms with Crippen LogP contribution in [0.3, 0.4) is 0 Å². The van der Waals surface area contributed by atoms with Crippen molar-refractivity contribution < 1.29 is 4.79 Å². The standard InChI is InChI=1S/C28H30Cl2N8O/c1-16-7-8-18(11-24(16)37-15-22(33-35-37)20-14-31-36(6)17(20)2)27(39)32-26-13-25(28(3,4)5)34-38(26)23-10-9-19(29)12-21(23)30/h7-15,33,35H,1-6H3,(H,32,39). The lowest BCUT2D eigenvalue weighted by Gasteiger charge is -2.18. The van der Waals surface area contributed by atoms with E-state index in [-0.39, 0.29) is 11.3 Å². The summed E-state index contributed by atoms with van der Waals surface area (Å²) < 4.78 is 3.47. The minimum atomic E-state index is -0.276. The number of anilines is 2. The van der Waals surface area contributed by atoms with Crippen LogP contribution in [0.15, 0.2) is 54.9 Å². The molecule has 1 amide bonds. The van der Waals surface area contributed by atoms with Gasteiger partial charge in [0, 0.05) is 46.6 Å². The zero-order chi connectivity index (χ0) is 28.1. The molecular formula is C28H30Cl2N8O. The van der Waals surface area contributed by atoms with E-state index in [0.29, 0.717) is 27.1 Å². The maximum absolute atomic E-state index is 13.5. The van der Waals surface area contributed by atoms with Crippen molar-refractivity contribution in [2.75, 3.05) is 10.3 Å². The van der Waals surface area contributed by atoms with Crippen molar-refractivity contribution in [3.05, 3.63) is 93.0 Å². The van der Waals surface area contributed by atoms with E-state index in [4.69, 9.17) is 28.3 Å². The second-order valence-corrected chi connectivity index (χ2v) is 11.4. The SMILES string of the molecule is Cc1ccc(C(=O)Nc2cc(C(C)(C)C)nn2-c2ccc(Cl)cc2Cl)cc1N1C=C(c2cnn(C)c2C)NN1. The van der Waals surface area contributed by atoms with E-state index in [2.05, 4.69) is 42.1 Å². The maximum Gasteiger partial charge on any atom is 0.256 e. The lowest BCUT2D eigenvalue weighted by molar-refractivity contribution is 0.102. The Morgan fingerprint density at radius 1 is 1.03 bits per heavy atom. The number of hydrazine groups is 2. The molecule has 39 heavy (non-hydrogen) atoms. The first-order valence-corrected chi connectivity index (χ1v) is 13.2. The molecule has 0 radical (unpaired) electrons. The molecule has 3 heterocycles. The van der Waals surface area contributed by atoms with Gasteiger partial charge in [-0.15, -0.1) is 5.53 Å². The van der Waals surface area contributed by atoms with E-state index in [1.807, 2.05) is 61.2 Å². The van der Waals surface area contributed by atoms with Crippen LogP contribution in [0, 0.1) is 13.8 Å². The average Bonchev–Trinajstić information content (AvgIpc) is 3.59. The highest BCUT2D eigenvalue weighted by atomic mass is 35.5. The summed E-state index contributed by atoms with van der Waals surface area (Å²) in [6.07, 6.45) is 3.76. The molecule has 202 valence electrons. The van der Waals surface area contributed by atoms with E-state index in [1.165, 1.54) is 0 Å². The fraction of sp³-hybridized carbons (Fsp3) is 0.250. The van der Waals surface area contributed by atoms with Crippen LogP contribution in [-0.4, -0.2) is 25.5 Å². The van der Waals surface area contributed by atoms with Crippen molar-refractivity contribution in [3.8, 4) is 5.69 Å². The molecular weight excluding hydrogens is 535 g/mol. The molecule has 0 unspecified atom stereocenters. The summed E-state index contributed by atoms with van der Waals surface area (Å²) in [5, 5.41) is 14.9. The molecule has 2 aromatic carbocycles. The van der Waals surface area contributed by atoms with Crippen molar-refractivity contribution in [1.29, 1.82) is 0 Å². The van der Waals surface area contributed by atoms with Gasteiger partial charge < -0.3 is 10.7 Å². The van der Waals surface area contributed by atoms with Gasteiger partial charge in [-0.2, -0.15) is 10.2 Å². The van der Waals surface area contributed by atoms with Gasteiger partial charge in [-0.05, 0) is 49.7 Å². The van der Waals surface area contributed by atoms with Gasteiger partial charge in [0.1, 0.15) is 5.82 Å². The summed E-state index contributed by atoms with van der Waals surface area (Å²) >= 11 is 12.6. The van der Waals surface area contributed by atoms with Gasteiger partial charge >= 0.3 is 0 Å². The summed E-state index contributed by atoms with van der Waals surface area (Å²) in [6.45, 7) is 10.2. The molecule has 11 heteroatoms. The van der Waals surface area contributed by atoms with Crippen LogP contribution in [0.25, 0.3) is 11.4 Å². The van der Waals surface area contributed by atoms with Crippen molar-refractivity contribution in [3.63, 3.8) is 0 Å². The van der Waals surface area contributed by atoms with E-state index in [9.17, 15) is 4.79 Å². The first-order valence-electron chi connectivity index (χ1n) is 12.4. The first-order chi connectivity index (χ1) is 18.4. The van der Waals surface area contributed by atoms with E-state index in [1.54, 1.807) is 28.9 Å². The van der Waals surface area contributed by atoms with E-state index < -0.39 is 0 Å². The number of rotatable bonds is 5. The molecule has 2 aromatic heterocycles. The number of nitrogens with zero attached hydrogens (tertiary/aromatic N) is 5. The summed E-state index contributed by atoms with van der Waals surface area (Å²) in [6, 6.07) is 12.6. The highest BCUT2D eigenvalue weighted by molar-refractivity contribution is 6.35. The number of aromatic nitrogens is 4. The number of hydrogen-bond donors (Lipinski definition) is 3. The van der Waals surface area contributed by atoms with E-state index in [0.717, 1.165) is 33.9 Å². The van der Waals surface area contributed by atoms with Crippen LogP contribution in [0.5, 0.6) is 0 Å². The molecule has 0 atom stereocenters. The number of carbonyl (C=O) groups excluding carboxylic acids is 1. The number of carbonyl (C=O) groups is 1. The molecule has 0 spiro atoms. The summed E-state index contributed by atoms with van der Waals surface area (Å²) in [5.41, 5.74) is 12.8. The second-order valence-electron chi connectivity index (χ2n) is 10.5. The third kappa shape index (κ3) is 5.25. The lowest BCUT2D eigenvalue weighted by Crippen LogP contribution is -2.36. The molecule has 4 aromatic rings. The molecule has 0 bridgehead atoms. The number of aryl methyl sites for hydroxylation is 2. The lowest BCUT2D eigenvalue weighted by atomic mass is 9.92. The van der Waals surface area contributed by atoms with Crippen molar-refractivity contribution >= 4 is 46.3 Å². The largest absolute Gasteiger partial charge is 0.306 e. The Labute approximate surface area is 237 Å². The van der Waals surface area contributed by atoms with Crippen molar-refractivity contribution in [1.82, 2.24) is 30.5 Å². The topological polar surface area (TPSA) is 92.0 Å². The molecule has 0 aliphatic carbocycles. The summed E-state index contributed by atoms with van der Waals surface area (Å²) in [4.78, 5) is 13.5. The molecule has 0 fully saturated rings. The van der Waals surface area contributed by atoms with Crippen LogP contribution in [0.2, 0.25) is 10.0 Å².